The van der Waals surface area contributed by atoms with Crippen LogP contribution in [0.5, 0.6) is 0 Å². The first-order chi connectivity index (χ1) is 4.34. The average Bonchev–Trinajstić information content (AvgIpc) is 2.37. The van der Waals surface area contributed by atoms with Crippen molar-refractivity contribution in [2.75, 3.05) is 6.61 Å². The standard InChI is InChI=1S/C6H14O2Si/c7-5-6(8)9-3-1-2-4-9/h6-9H,1-5H2. The maximum Gasteiger partial charge on any atom is 0.0743 e. The van der Waals surface area contributed by atoms with Gasteiger partial charge in [0, 0.05) is 0 Å². The summed E-state index contributed by atoms with van der Waals surface area (Å²) in [6.07, 6.45) is 2.57. The summed E-state index contributed by atoms with van der Waals surface area (Å²) >= 11 is 0. The Morgan fingerprint density at radius 2 is 1.89 bits per heavy atom. The molecule has 1 rings (SSSR count). The Labute approximate surface area is 57.1 Å². The number of aliphatic hydroxyl groups is 2. The third kappa shape index (κ3) is 1.78. The first-order valence-electron chi connectivity index (χ1n) is 3.63. The maximum absolute atomic E-state index is 9.17. The van der Waals surface area contributed by atoms with Crippen molar-refractivity contribution in [1.82, 2.24) is 0 Å². The lowest BCUT2D eigenvalue weighted by Crippen LogP contribution is -2.30. The summed E-state index contributed by atoms with van der Waals surface area (Å²) in [5.74, 6) is 0. The van der Waals surface area contributed by atoms with Crippen molar-refractivity contribution in [3.05, 3.63) is 0 Å². The molecular weight excluding hydrogens is 132 g/mol. The predicted octanol–water partition coefficient (Wildman–Crippen LogP) is -0.100. The predicted molar refractivity (Wildman–Crippen MR) is 39.1 cm³/mol. The van der Waals surface area contributed by atoms with E-state index < -0.39 is 8.80 Å². The van der Waals surface area contributed by atoms with Gasteiger partial charge >= 0.3 is 0 Å². The van der Waals surface area contributed by atoms with E-state index in [9.17, 15) is 0 Å². The fraction of sp³-hybridized carbons (Fsp3) is 1.00. The van der Waals surface area contributed by atoms with Gasteiger partial charge in [-0.1, -0.05) is 24.9 Å². The summed E-state index contributed by atoms with van der Waals surface area (Å²) in [7, 11) is -0.870. The minimum atomic E-state index is -0.870. The van der Waals surface area contributed by atoms with Gasteiger partial charge in [0.15, 0.2) is 0 Å². The molecule has 0 amide bonds. The molecule has 0 aromatic rings. The highest BCUT2D eigenvalue weighted by atomic mass is 28.3. The first kappa shape index (κ1) is 7.25. The molecule has 0 aromatic heterocycles. The largest absolute Gasteiger partial charge is 0.395 e. The summed E-state index contributed by atoms with van der Waals surface area (Å²) in [5.41, 5.74) is -0.313. The molecule has 0 aliphatic carbocycles. The van der Waals surface area contributed by atoms with Gasteiger partial charge in [-0.25, -0.2) is 0 Å². The molecule has 3 heteroatoms. The lowest BCUT2D eigenvalue weighted by atomic mass is 10.4. The van der Waals surface area contributed by atoms with Crippen LogP contribution < -0.4 is 0 Å². The molecule has 0 saturated carbocycles. The van der Waals surface area contributed by atoms with Crippen LogP contribution in [0.15, 0.2) is 0 Å². The quantitative estimate of drug-likeness (QED) is 0.534. The van der Waals surface area contributed by atoms with Crippen molar-refractivity contribution in [3.8, 4) is 0 Å². The molecule has 9 heavy (non-hydrogen) atoms. The van der Waals surface area contributed by atoms with E-state index in [0.29, 0.717) is 0 Å². The molecule has 1 unspecified atom stereocenters. The van der Waals surface area contributed by atoms with Gasteiger partial charge < -0.3 is 10.2 Å². The third-order valence-corrected chi connectivity index (χ3v) is 5.73. The third-order valence-electron chi connectivity index (χ3n) is 2.13. The van der Waals surface area contributed by atoms with Crippen molar-refractivity contribution in [3.63, 3.8) is 0 Å². The molecule has 1 aliphatic rings. The Bertz CT molecular complexity index is 81.1. The maximum atomic E-state index is 9.17. The zero-order valence-electron chi connectivity index (χ0n) is 5.58. The highest BCUT2D eigenvalue weighted by Crippen LogP contribution is 2.21. The minimum absolute atomic E-state index is 0.00309. The molecule has 0 aromatic carbocycles. The molecule has 0 spiro atoms. The van der Waals surface area contributed by atoms with Crippen LogP contribution in [0.1, 0.15) is 12.8 Å². The molecule has 1 saturated heterocycles. The normalized spacial score (nSPS) is 24.7. The van der Waals surface area contributed by atoms with Crippen LogP contribution >= 0.6 is 0 Å². The van der Waals surface area contributed by atoms with Crippen LogP contribution in [0.3, 0.4) is 0 Å². The molecule has 0 radical (unpaired) electrons. The molecule has 1 heterocycles. The van der Waals surface area contributed by atoms with E-state index in [0.717, 1.165) is 0 Å². The van der Waals surface area contributed by atoms with E-state index in [1.807, 2.05) is 0 Å². The van der Waals surface area contributed by atoms with Crippen LogP contribution in [0, 0.1) is 0 Å². The summed E-state index contributed by atoms with van der Waals surface area (Å²) in [6, 6.07) is 2.48. The Kier molecular flexibility index (Phi) is 2.69. The van der Waals surface area contributed by atoms with Crippen molar-refractivity contribution in [2.24, 2.45) is 0 Å². The second kappa shape index (κ2) is 3.34. The average molecular weight is 146 g/mol. The summed E-state index contributed by atoms with van der Waals surface area (Å²) in [6.45, 7) is -0.00309. The van der Waals surface area contributed by atoms with E-state index in [2.05, 4.69) is 0 Å². The Hall–Kier alpha value is 0.137. The SMILES string of the molecule is OCC(O)[SiH]1CCCC1. The molecule has 1 atom stereocenters. The van der Waals surface area contributed by atoms with E-state index in [4.69, 9.17) is 10.2 Å². The van der Waals surface area contributed by atoms with E-state index in [-0.39, 0.29) is 12.3 Å². The second-order valence-corrected chi connectivity index (χ2v) is 6.24. The van der Waals surface area contributed by atoms with E-state index >= 15 is 0 Å². The molecule has 2 N–H and O–H groups in total. The van der Waals surface area contributed by atoms with Crippen LogP contribution in [-0.4, -0.2) is 31.3 Å². The van der Waals surface area contributed by atoms with Crippen LogP contribution in [0.2, 0.25) is 12.1 Å². The number of hydrogen-bond acceptors (Lipinski definition) is 2. The summed E-state index contributed by atoms with van der Waals surface area (Å²) in [5, 5.41) is 17.7. The zero-order valence-corrected chi connectivity index (χ0v) is 6.74. The van der Waals surface area contributed by atoms with Crippen molar-refractivity contribution < 1.29 is 10.2 Å². The number of rotatable bonds is 2. The van der Waals surface area contributed by atoms with Gasteiger partial charge in [-0.3, -0.25) is 0 Å². The minimum Gasteiger partial charge on any atom is -0.395 e. The van der Waals surface area contributed by atoms with Gasteiger partial charge in [0.25, 0.3) is 0 Å². The lowest BCUT2D eigenvalue weighted by Gasteiger charge is -2.11. The fourth-order valence-corrected chi connectivity index (χ4v) is 4.47. The van der Waals surface area contributed by atoms with E-state index in [1.165, 1.54) is 24.9 Å². The monoisotopic (exact) mass is 146 g/mol. The zero-order chi connectivity index (χ0) is 6.69. The first-order valence-corrected chi connectivity index (χ1v) is 5.93. The second-order valence-electron chi connectivity index (χ2n) is 2.79. The topological polar surface area (TPSA) is 40.5 Å². The lowest BCUT2D eigenvalue weighted by molar-refractivity contribution is 0.149. The Morgan fingerprint density at radius 3 is 2.33 bits per heavy atom. The summed E-state index contributed by atoms with van der Waals surface area (Å²) in [4.78, 5) is 0. The van der Waals surface area contributed by atoms with Crippen molar-refractivity contribution in [2.45, 2.75) is 30.7 Å². The summed E-state index contributed by atoms with van der Waals surface area (Å²) < 4.78 is 0. The van der Waals surface area contributed by atoms with Gasteiger partial charge in [-0.15, -0.1) is 0 Å². The smallest absolute Gasteiger partial charge is 0.0743 e. The van der Waals surface area contributed by atoms with Gasteiger partial charge in [0.1, 0.15) is 0 Å². The highest BCUT2D eigenvalue weighted by molar-refractivity contribution is 6.60. The molecular formula is C6H14O2Si. The van der Waals surface area contributed by atoms with Crippen molar-refractivity contribution in [1.29, 1.82) is 0 Å². The Balaban J connectivity index is 2.24. The van der Waals surface area contributed by atoms with Gasteiger partial charge in [-0.05, 0) is 0 Å². The van der Waals surface area contributed by atoms with Gasteiger partial charge in [0.05, 0.1) is 21.1 Å². The number of aliphatic hydroxyl groups excluding tert-OH is 2. The van der Waals surface area contributed by atoms with Gasteiger partial charge in [0.2, 0.25) is 0 Å². The Morgan fingerprint density at radius 1 is 1.33 bits per heavy atom. The van der Waals surface area contributed by atoms with Crippen molar-refractivity contribution >= 4 is 8.80 Å². The molecule has 1 fully saturated rings. The highest BCUT2D eigenvalue weighted by Gasteiger charge is 2.23. The van der Waals surface area contributed by atoms with Crippen LogP contribution in [-0.2, 0) is 0 Å². The fourth-order valence-electron chi connectivity index (χ4n) is 1.49. The van der Waals surface area contributed by atoms with E-state index in [1.54, 1.807) is 0 Å². The molecule has 0 bridgehead atoms. The molecule has 1 aliphatic heterocycles. The molecule has 54 valence electrons. The number of hydrogen-bond donors (Lipinski definition) is 2. The molecule has 2 nitrogen and oxygen atoms in total. The van der Waals surface area contributed by atoms with Crippen LogP contribution in [0.4, 0.5) is 0 Å². The van der Waals surface area contributed by atoms with Gasteiger partial charge in [-0.2, -0.15) is 0 Å². The van der Waals surface area contributed by atoms with Crippen LogP contribution in [0.25, 0.3) is 0 Å².